The molecule has 0 radical (unpaired) electrons. The molecule has 1 atom stereocenters. The zero-order chi connectivity index (χ0) is 23.8. The van der Waals surface area contributed by atoms with Crippen LogP contribution in [0.25, 0.3) is 22.4 Å². The van der Waals surface area contributed by atoms with Crippen LogP contribution in [-0.4, -0.2) is 50.9 Å². The van der Waals surface area contributed by atoms with Crippen LogP contribution in [0.3, 0.4) is 0 Å². The first-order valence-corrected chi connectivity index (χ1v) is 11.2. The number of hydrogen-bond donors (Lipinski definition) is 0. The number of aromatic nitrogens is 5. The molecule has 0 N–H and O–H groups in total. The van der Waals surface area contributed by atoms with Crippen molar-refractivity contribution in [2.45, 2.75) is 19.1 Å². The van der Waals surface area contributed by atoms with E-state index in [4.69, 9.17) is 18.9 Å². The van der Waals surface area contributed by atoms with Crippen LogP contribution < -0.4 is 24.6 Å². The molecule has 4 aromatic rings. The van der Waals surface area contributed by atoms with Gasteiger partial charge in [-0.2, -0.15) is 4.98 Å². The van der Waals surface area contributed by atoms with Crippen molar-refractivity contribution in [3.05, 3.63) is 71.0 Å². The highest BCUT2D eigenvalue weighted by Crippen LogP contribution is 2.33. The van der Waals surface area contributed by atoms with Gasteiger partial charge in [-0.1, -0.05) is 18.2 Å². The van der Waals surface area contributed by atoms with Crippen LogP contribution in [0.1, 0.15) is 5.56 Å². The Morgan fingerprint density at radius 3 is 2.86 bits per heavy atom. The lowest BCUT2D eigenvalue weighted by Gasteiger charge is -2.26. The lowest BCUT2D eigenvalue weighted by Crippen LogP contribution is -2.35. The fourth-order valence-corrected chi connectivity index (χ4v) is 4.25. The molecule has 0 fully saturated rings. The van der Waals surface area contributed by atoms with E-state index in [1.54, 1.807) is 41.4 Å². The Morgan fingerprint density at radius 1 is 1.11 bits per heavy atom. The van der Waals surface area contributed by atoms with E-state index >= 15 is 0 Å². The Hall–Kier alpha value is -4.47. The van der Waals surface area contributed by atoms with E-state index in [0.29, 0.717) is 30.8 Å². The maximum atomic E-state index is 12.7. The van der Waals surface area contributed by atoms with Gasteiger partial charge in [0.1, 0.15) is 13.2 Å². The van der Waals surface area contributed by atoms with Gasteiger partial charge in [0.15, 0.2) is 11.9 Å². The third-order valence-electron chi connectivity index (χ3n) is 5.97. The van der Waals surface area contributed by atoms with Gasteiger partial charge in [0, 0.05) is 42.3 Å². The summed E-state index contributed by atoms with van der Waals surface area (Å²) < 4.78 is 24.1. The Morgan fingerprint density at radius 2 is 2.00 bits per heavy atom. The van der Waals surface area contributed by atoms with Crippen LogP contribution >= 0.6 is 0 Å². The smallest absolute Gasteiger partial charge is 0.351 e. The Kier molecular flexibility index (Phi) is 5.25. The summed E-state index contributed by atoms with van der Waals surface area (Å²) in [6.07, 6.45) is 5.49. The molecule has 35 heavy (non-hydrogen) atoms. The summed E-state index contributed by atoms with van der Waals surface area (Å²) in [5, 5.41) is 0. The van der Waals surface area contributed by atoms with E-state index in [1.165, 1.54) is 7.11 Å². The summed E-state index contributed by atoms with van der Waals surface area (Å²) in [5.74, 6) is 1.28. The van der Waals surface area contributed by atoms with Crippen molar-refractivity contribution in [2.24, 2.45) is 0 Å². The van der Waals surface area contributed by atoms with E-state index in [1.807, 2.05) is 12.1 Å². The molecule has 3 aromatic heterocycles. The van der Waals surface area contributed by atoms with Crippen molar-refractivity contribution in [3.63, 3.8) is 0 Å². The highest BCUT2D eigenvalue weighted by Gasteiger charge is 2.24. The molecule has 1 aromatic carbocycles. The van der Waals surface area contributed by atoms with E-state index in [0.717, 1.165) is 34.4 Å². The first-order valence-electron chi connectivity index (χ1n) is 11.2. The summed E-state index contributed by atoms with van der Waals surface area (Å²) in [6, 6.07) is 11.8. The predicted molar refractivity (Wildman–Crippen MR) is 125 cm³/mol. The van der Waals surface area contributed by atoms with Gasteiger partial charge >= 0.3 is 11.7 Å². The molecule has 2 aliphatic rings. The number of methoxy groups -OCH3 is 1. The second-order valence-corrected chi connectivity index (χ2v) is 8.16. The fourth-order valence-electron chi connectivity index (χ4n) is 4.25. The second-order valence-electron chi connectivity index (χ2n) is 8.16. The third-order valence-corrected chi connectivity index (χ3v) is 5.97. The van der Waals surface area contributed by atoms with Crippen molar-refractivity contribution in [1.82, 2.24) is 24.5 Å². The van der Waals surface area contributed by atoms with E-state index in [9.17, 15) is 4.79 Å². The minimum atomic E-state index is -0.342. The van der Waals surface area contributed by atoms with Crippen LogP contribution in [0, 0.1) is 0 Å². The summed E-state index contributed by atoms with van der Waals surface area (Å²) in [5.41, 5.74) is 4.41. The van der Waals surface area contributed by atoms with Crippen molar-refractivity contribution in [1.29, 1.82) is 0 Å². The Balaban J connectivity index is 1.24. The van der Waals surface area contributed by atoms with Crippen LogP contribution in [0.15, 0.2) is 59.8 Å². The van der Waals surface area contributed by atoms with E-state index < -0.39 is 0 Å². The van der Waals surface area contributed by atoms with Gasteiger partial charge < -0.3 is 18.9 Å². The lowest BCUT2D eigenvalue weighted by atomic mass is 9.94. The van der Waals surface area contributed by atoms with E-state index in [-0.39, 0.29) is 24.3 Å². The molecule has 0 saturated heterocycles. The summed E-state index contributed by atoms with van der Waals surface area (Å²) in [4.78, 5) is 29.4. The zero-order valence-corrected chi connectivity index (χ0v) is 18.9. The summed E-state index contributed by atoms with van der Waals surface area (Å²) in [7, 11) is 1.53. The normalized spacial score (nSPS) is 15.6. The molecular formula is C25H21N5O5. The van der Waals surface area contributed by atoms with Gasteiger partial charge in [0.05, 0.1) is 12.8 Å². The van der Waals surface area contributed by atoms with Crippen LogP contribution in [0.5, 0.6) is 23.5 Å². The van der Waals surface area contributed by atoms with Gasteiger partial charge in [0.25, 0.3) is 5.88 Å². The minimum Gasteiger partial charge on any atom is -0.478 e. The molecule has 0 aliphatic carbocycles. The molecule has 10 nitrogen and oxygen atoms in total. The quantitative estimate of drug-likeness (QED) is 0.434. The third kappa shape index (κ3) is 4.03. The molecule has 5 heterocycles. The number of hydrogen-bond acceptors (Lipinski definition) is 9. The van der Waals surface area contributed by atoms with E-state index in [2.05, 4.69) is 26.0 Å². The molecule has 0 saturated carbocycles. The standard InChI is InChI=1S/C25H21N5O5/c1-32-24-27-11-17(12-28-24)15-4-5-19-16(9-15)6-8-30-20(19)10-22(29-25(30)31)33-13-18-14-34-23-21(35-18)3-2-7-26-23/h2-5,7,9-12,18H,6,8,13-14H2,1H3. The van der Waals surface area contributed by atoms with Crippen molar-refractivity contribution >= 4 is 0 Å². The van der Waals surface area contributed by atoms with Crippen molar-refractivity contribution in [3.8, 4) is 45.9 Å². The van der Waals surface area contributed by atoms with Crippen LogP contribution in [0.4, 0.5) is 0 Å². The highest BCUT2D eigenvalue weighted by molar-refractivity contribution is 5.73. The molecule has 176 valence electrons. The first-order chi connectivity index (χ1) is 17.2. The molecule has 0 amide bonds. The van der Waals surface area contributed by atoms with Crippen LogP contribution in [0.2, 0.25) is 0 Å². The molecule has 2 aliphatic heterocycles. The number of aryl methyl sites for hydroxylation is 1. The number of fused-ring (bicyclic) bond motifs is 4. The topological polar surface area (TPSA) is 110 Å². The van der Waals surface area contributed by atoms with Gasteiger partial charge in [-0.05, 0) is 29.7 Å². The highest BCUT2D eigenvalue weighted by atomic mass is 16.6. The lowest BCUT2D eigenvalue weighted by molar-refractivity contribution is 0.0486. The molecule has 6 rings (SSSR count). The zero-order valence-electron chi connectivity index (χ0n) is 18.9. The number of pyridine rings is 1. The van der Waals surface area contributed by atoms with Gasteiger partial charge in [-0.15, -0.1) is 0 Å². The minimum absolute atomic E-state index is 0.188. The van der Waals surface area contributed by atoms with Gasteiger partial charge in [0.2, 0.25) is 5.88 Å². The summed E-state index contributed by atoms with van der Waals surface area (Å²) in [6.45, 7) is 1.03. The Labute approximate surface area is 200 Å². The SMILES string of the molecule is COc1ncc(-c2ccc3c(c2)CCn2c-3cc(OCC3COc4ncccc4O3)nc2=O)cn1. The second kappa shape index (κ2) is 8.71. The average Bonchev–Trinajstić information content (AvgIpc) is 2.91. The average molecular weight is 471 g/mol. The van der Waals surface area contributed by atoms with Crippen molar-refractivity contribution in [2.75, 3.05) is 20.3 Å². The molecular weight excluding hydrogens is 450 g/mol. The number of nitrogens with zero attached hydrogens (tertiary/aromatic N) is 5. The largest absolute Gasteiger partial charge is 0.478 e. The monoisotopic (exact) mass is 471 g/mol. The molecule has 1 unspecified atom stereocenters. The maximum absolute atomic E-state index is 12.7. The van der Waals surface area contributed by atoms with Crippen molar-refractivity contribution < 1.29 is 18.9 Å². The Bertz CT molecular complexity index is 1450. The number of rotatable bonds is 5. The van der Waals surface area contributed by atoms with Crippen LogP contribution in [-0.2, 0) is 13.0 Å². The molecule has 0 bridgehead atoms. The number of benzene rings is 1. The van der Waals surface area contributed by atoms with Gasteiger partial charge in [-0.25, -0.2) is 19.7 Å². The fraction of sp³-hybridized carbons (Fsp3) is 0.240. The molecule has 0 spiro atoms. The maximum Gasteiger partial charge on any atom is 0.351 e. The first kappa shape index (κ1) is 21.1. The number of ether oxygens (including phenoxy) is 4. The summed E-state index contributed by atoms with van der Waals surface area (Å²) >= 11 is 0. The molecule has 10 heteroatoms. The predicted octanol–water partition coefficient (Wildman–Crippen LogP) is 2.55. The van der Waals surface area contributed by atoms with Gasteiger partial charge in [-0.3, -0.25) is 4.57 Å².